The summed E-state index contributed by atoms with van der Waals surface area (Å²) < 4.78 is 0. The zero-order valence-corrected chi connectivity index (χ0v) is 11.4. The average Bonchev–Trinajstić information content (AvgIpc) is 2.30. The van der Waals surface area contributed by atoms with Crippen LogP contribution in [-0.4, -0.2) is 53.8 Å². The van der Waals surface area contributed by atoms with Crippen molar-refractivity contribution in [2.45, 2.75) is 32.2 Å². The number of unbranched alkanes of at least 4 members (excludes halogenated alkanes) is 2. The van der Waals surface area contributed by atoms with Gasteiger partial charge in [0.1, 0.15) is 6.04 Å². The van der Waals surface area contributed by atoms with E-state index in [2.05, 4.69) is 17.9 Å². The number of aliphatic hydroxyl groups is 1. The monoisotopic (exact) mass is 262 g/mol. The van der Waals surface area contributed by atoms with Crippen LogP contribution in [0.5, 0.6) is 0 Å². The number of nitrogens with zero attached hydrogens (tertiary/aromatic N) is 1. The van der Waals surface area contributed by atoms with Gasteiger partial charge in [0, 0.05) is 32.9 Å². The van der Waals surface area contributed by atoms with Gasteiger partial charge in [0.05, 0.1) is 0 Å². The molecular weight excluding hydrogens is 240 g/mol. The van der Waals surface area contributed by atoms with Crippen molar-refractivity contribution in [2.75, 3.05) is 26.0 Å². The van der Waals surface area contributed by atoms with Gasteiger partial charge in [0.25, 0.3) is 0 Å². The standard InChI is InChI=1S/C11H22N2O3S/c1-9(15)12-10(8-17)11(16)13(2)6-4-3-5-7-14/h10,14,17H,3-8H2,1-2H3,(H,12,15). The van der Waals surface area contributed by atoms with Crippen molar-refractivity contribution >= 4 is 24.4 Å². The molecule has 5 nitrogen and oxygen atoms in total. The van der Waals surface area contributed by atoms with Gasteiger partial charge >= 0.3 is 0 Å². The van der Waals surface area contributed by atoms with Crippen molar-refractivity contribution in [1.29, 1.82) is 0 Å². The van der Waals surface area contributed by atoms with Crippen molar-refractivity contribution in [3.05, 3.63) is 0 Å². The number of rotatable bonds is 8. The largest absolute Gasteiger partial charge is 0.396 e. The van der Waals surface area contributed by atoms with Crippen LogP contribution in [0, 0.1) is 0 Å². The molecule has 6 heteroatoms. The van der Waals surface area contributed by atoms with Gasteiger partial charge < -0.3 is 15.3 Å². The molecule has 0 aromatic rings. The molecule has 1 atom stereocenters. The van der Waals surface area contributed by atoms with Gasteiger partial charge in [-0.05, 0) is 19.3 Å². The Balaban J connectivity index is 4.03. The van der Waals surface area contributed by atoms with Crippen LogP contribution >= 0.6 is 12.6 Å². The molecule has 0 aromatic carbocycles. The first kappa shape index (κ1) is 16.2. The zero-order chi connectivity index (χ0) is 13.3. The van der Waals surface area contributed by atoms with Gasteiger partial charge in [-0.3, -0.25) is 9.59 Å². The third kappa shape index (κ3) is 7.23. The molecule has 0 spiro atoms. The molecular formula is C11H22N2O3S. The highest BCUT2D eigenvalue weighted by Gasteiger charge is 2.20. The van der Waals surface area contributed by atoms with Crippen molar-refractivity contribution in [3.63, 3.8) is 0 Å². The van der Waals surface area contributed by atoms with Crippen LogP contribution in [0.3, 0.4) is 0 Å². The lowest BCUT2D eigenvalue weighted by Gasteiger charge is -2.23. The van der Waals surface area contributed by atoms with E-state index in [1.165, 1.54) is 6.92 Å². The third-order valence-electron chi connectivity index (χ3n) is 2.39. The molecule has 0 fully saturated rings. The molecule has 2 amide bonds. The Labute approximate surface area is 108 Å². The minimum absolute atomic E-state index is 0.126. The molecule has 0 rings (SSSR count). The maximum atomic E-state index is 11.9. The summed E-state index contributed by atoms with van der Waals surface area (Å²) in [6.45, 7) is 2.19. The summed E-state index contributed by atoms with van der Waals surface area (Å²) in [6, 6.07) is -0.557. The van der Waals surface area contributed by atoms with Gasteiger partial charge in [0.15, 0.2) is 0 Å². The molecule has 0 aliphatic carbocycles. The third-order valence-corrected chi connectivity index (χ3v) is 2.75. The number of nitrogens with one attached hydrogen (secondary N) is 1. The Kier molecular flexibility index (Phi) is 8.89. The molecule has 1 unspecified atom stereocenters. The van der Waals surface area contributed by atoms with E-state index >= 15 is 0 Å². The fourth-order valence-corrected chi connectivity index (χ4v) is 1.69. The van der Waals surface area contributed by atoms with E-state index < -0.39 is 6.04 Å². The first-order valence-corrected chi connectivity index (χ1v) is 6.40. The van der Waals surface area contributed by atoms with Gasteiger partial charge in [-0.1, -0.05) is 0 Å². The number of aliphatic hydroxyl groups excluding tert-OH is 1. The highest BCUT2D eigenvalue weighted by atomic mass is 32.1. The van der Waals surface area contributed by atoms with Gasteiger partial charge in [-0.2, -0.15) is 12.6 Å². The normalized spacial score (nSPS) is 12.0. The summed E-state index contributed by atoms with van der Waals surface area (Å²) >= 11 is 4.05. The van der Waals surface area contributed by atoms with E-state index in [1.807, 2.05) is 0 Å². The Hall–Kier alpha value is -0.750. The SMILES string of the molecule is CC(=O)NC(CS)C(=O)N(C)CCCCCO. The average molecular weight is 262 g/mol. The Morgan fingerprint density at radius 3 is 2.47 bits per heavy atom. The fourth-order valence-electron chi connectivity index (χ4n) is 1.44. The predicted octanol–water partition coefficient (Wildman–Crippen LogP) is 0.0419. The molecule has 0 bridgehead atoms. The van der Waals surface area contributed by atoms with Crippen molar-refractivity contribution in [2.24, 2.45) is 0 Å². The quantitative estimate of drug-likeness (QED) is 0.427. The number of carbonyl (C=O) groups is 2. The van der Waals surface area contributed by atoms with Gasteiger partial charge in [-0.15, -0.1) is 0 Å². The van der Waals surface area contributed by atoms with Crippen molar-refractivity contribution < 1.29 is 14.7 Å². The molecule has 2 N–H and O–H groups in total. The summed E-state index contributed by atoms with van der Waals surface area (Å²) in [5.41, 5.74) is 0. The fraction of sp³-hybridized carbons (Fsp3) is 0.818. The number of carbonyl (C=O) groups excluding carboxylic acids is 2. The first-order chi connectivity index (χ1) is 8.02. The predicted molar refractivity (Wildman–Crippen MR) is 70.0 cm³/mol. The van der Waals surface area contributed by atoms with E-state index in [9.17, 15) is 9.59 Å². The Morgan fingerprint density at radius 1 is 1.35 bits per heavy atom. The van der Waals surface area contributed by atoms with E-state index in [0.717, 1.165) is 19.3 Å². The van der Waals surface area contributed by atoms with Crippen LogP contribution in [0.4, 0.5) is 0 Å². The van der Waals surface area contributed by atoms with E-state index in [0.29, 0.717) is 12.3 Å². The lowest BCUT2D eigenvalue weighted by atomic mass is 10.2. The smallest absolute Gasteiger partial charge is 0.245 e. The van der Waals surface area contributed by atoms with Crippen LogP contribution in [-0.2, 0) is 9.59 Å². The maximum Gasteiger partial charge on any atom is 0.245 e. The second kappa shape index (κ2) is 9.30. The molecule has 17 heavy (non-hydrogen) atoms. The van der Waals surface area contributed by atoms with Crippen LogP contribution < -0.4 is 5.32 Å². The lowest BCUT2D eigenvalue weighted by Crippen LogP contribution is -2.48. The summed E-state index contributed by atoms with van der Waals surface area (Å²) in [4.78, 5) is 24.4. The van der Waals surface area contributed by atoms with Gasteiger partial charge in [-0.25, -0.2) is 0 Å². The van der Waals surface area contributed by atoms with Gasteiger partial charge in [0.2, 0.25) is 11.8 Å². The second-order valence-electron chi connectivity index (χ2n) is 3.98. The van der Waals surface area contributed by atoms with Crippen LogP contribution in [0.25, 0.3) is 0 Å². The highest BCUT2D eigenvalue weighted by molar-refractivity contribution is 7.80. The summed E-state index contributed by atoms with van der Waals surface area (Å²) in [6.07, 6.45) is 2.49. The lowest BCUT2D eigenvalue weighted by molar-refractivity contribution is -0.134. The minimum atomic E-state index is -0.557. The summed E-state index contributed by atoms with van der Waals surface area (Å²) in [5, 5.41) is 11.2. The van der Waals surface area contributed by atoms with Crippen molar-refractivity contribution in [3.8, 4) is 0 Å². The first-order valence-electron chi connectivity index (χ1n) is 5.76. The van der Waals surface area contributed by atoms with E-state index in [1.54, 1.807) is 11.9 Å². The summed E-state index contributed by atoms with van der Waals surface area (Å²) in [5.74, 6) is -0.0652. The van der Waals surface area contributed by atoms with Crippen LogP contribution in [0.1, 0.15) is 26.2 Å². The van der Waals surface area contributed by atoms with E-state index in [-0.39, 0.29) is 18.4 Å². The highest BCUT2D eigenvalue weighted by Crippen LogP contribution is 2.00. The Morgan fingerprint density at radius 2 is 2.00 bits per heavy atom. The number of likely N-dealkylation sites (N-methyl/N-ethyl adjacent to an activating group) is 1. The number of amides is 2. The molecule has 0 radical (unpaired) electrons. The molecule has 0 aromatic heterocycles. The maximum absolute atomic E-state index is 11.9. The minimum Gasteiger partial charge on any atom is -0.396 e. The molecule has 100 valence electrons. The number of hydrogen-bond acceptors (Lipinski definition) is 4. The molecule has 0 heterocycles. The molecule has 0 saturated heterocycles. The number of thiol groups is 1. The second-order valence-corrected chi connectivity index (χ2v) is 4.34. The van der Waals surface area contributed by atoms with Crippen LogP contribution in [0.2, 0.25) is 0 Å². The van der Waals surface area contributed by atoms with Crippen molar-refractivity contribution in [1.82, 2.24) is 10.2 Å². The molecule has 0 aliphatic rings. The molecule has 0 saturated carbocycles. The zero-order valence-electron chi connectivity index (χ0n) is 10.5. The number of hydrogen-bond donors (Lipinski definition) is 3. The topological polar surface area (TPSA) is 69.6 Å². The molecule has 0 aliphatic heterocycles. The Bertz CT molecular complexity index is 249. The van der Waals surface area contributed by atoms with Crippen LogP contribution in [0.15, 0.2) is 0 Å². The summed E-state index contributed by atoms with van der Waals surface area (Å²) in [7, 11) is 1.71. The van der Waals surface area contributed by atoms with E-state index in [4.69, 9.17) is 5.11 Å².